The van der Waals surface area contributed by atoms with Crippen LogP contribution >= 0.6 is 0 Å². The number of aromatic hydroxyl groups is 2. The van der Waals surface area contributed by atoms with Gasteiger partial charge in [-0.05, 0) is 37.1 Å². The van der Waals surface area contributed by atoms with Gasteiger partial charge >= 0.3 is 5.91 Å². The molecule has 0 unspecified atom stereocenters. The Morgan fingerprint density at radius 3 is 2.56 bits per heavy atom. The third kappa shape index (κ3) is 2.81. The van der Waals surface area contributed by atoms with E-state index in [1.807, 2.05) is 13.0 Å². The van der Waals surface area contributed by atoms with Crippen molar-refractivity contribution in [1.29, 1.82) is 0 Å². The predicted molar refractivity (Wildman–Crippen MR) is 95.7 cm³/mol. The Morgan fingerprint density at radius 1 is 1.24 bits per heavy atom. The number of amides is 1. The second-order valence-corrected chi connectivity index (χ2v) is 5.92. The molecule has 2 aromatic carbocycles. The molecule has 0 spiro atoms. The summed E-state index contributed by atoms with van der Waals surface area (Å²) in [5.41, 5.74) is 1.65. The minimum absolute atomic E-state index is 0.0133. The zero-order valence-corrected chi connectivity index (χ0v) is 14.1. The molecule has 0 bridgehead atoms. The van der Waals surface area contributed by atoms with Crippen LogP contribution in [0.3, 0.4) is 0 Å². The number of aryl methyl sites for hydroxylation is 2. The van der Waals surface area contributed by atoms with Gasteiger partial charge in [0.05, 0.1) is 11.1 Å². The quantitative estimate of drug-likeness (QED) is 0.291. The summed E-state index contributed by atoms with van der Waals surface area (Å²) in [4.78, 5) is 12.7. The predicted octanol–water partition coefficient (Wildman–Crippen LogP) is 3.63. The van der Waals surface area contributed by atoms with Crippen molar-refractivity contribution < 1.29 is 19.4 Å². The number of phenolic OH excluding ortho intramolecular Hbond substituents is 2. The number of furan rings is 1. The van der Waals surface area contributed by atoms with Gasteiger partial charge in [0, 0.05) is 5.56 Å². The molecule has 0 atom stereocenters. The lowest BCUT2D eigenvalue weighted by Gasteiger charge is -2.15. The van der Waals surface area contributed by atoms with Crippen LogP contribution in [0.2, 0.25) is 0 Å². The average Bonchev–Trinajstić information content (AvgIpc) is 2.97. The number of rotatable bonds is 4. The van der Waals surface area contributed by atoms with Crippen LogP contribution in [0.4, 0.5) is 5.69 Å². The van der Waals surface area contributed by atoms with E-state index in [-0.39, 0.29) is 22.8 Å². The van der Waals surface area contributed by atoms with Crippen LogP contribution in [0, 0.1) is 6.92 Å². The Balaban J connectivity index is 2.12. The summed E-state index contributed by atoms with van der Waals surface area (Å²) in [7, 11) is 0. The first-order chi connectivity index (χ1) is 12.0. The fourth-order valence-electron chi connectivity index (χ4n) is 2.92. The summed E-state index contributed by atoms with van der Waals surface area (Å²) in [6, 6.07) is 10.2. The zero-order valence-electron chi connectivity index (χ0n) is 14.1. The first-order valence-corrected chi connectivity index (χ1v) is 8.06. The molecule has 1 amide bonds. The first-order valence-electron chi connectivity index (χ1n) is 8.06. The van der Waals surface area contributed by atoms with Gasteiger partial charge < -0.3 is 14.6 Å². The highest BCUT2D eigenvalue weighted by molar-refractivity contribution is 6.08. The molecule has 3 aromatic rings. The molecule has 0 aliphatic carbocycles. The van der Waals surface area contributed by atoms with Crippen molar-refractivity contribution in [3.05, 3.63) is 53.3 Å². The molecule has 6 heteroatoms. The van der Waals surface area contributed by atoms with Gasteiger partial charge in [0.1, 0.15) is 5.75 Å². The zero-order chi connectivity index (χ0) is 18.1. The van der Waals surface area contributed by atoms with Crippen LogP contribution in [0.25, 0.3) is 11.0 Å². The highest BCUT2D eigenvalue weighted by atomic mass is 16.4. The number of carbonyl (C=O) groups is 1. The van der Waals surface area contributed by atoms with Crippen molar-refractivity contribution in [1.82, 2.24) is 0 Å². The smallest absolute Gasteiger partial charge is 0.308 e. The summed E-state index contributed by atoms with van der Waals surface area (Å²) < 4.78 is 5.57. The molecule has 3 rings (SSSR count). The van der Waals surface area contributed by atoms with Gasteiger partial charge in [0.15, 0.2) is 17.1 Å². The minimum atomic E-state index is -0.559. The molecule has 0 radical (unpaired) electrons. The number of anilines is 1. The summed E-state index contributed by atoms with van der Waals surface area (Å²) >= 11 is 0. The summed E-state index contributed by atoms with van der Waals surface area (Å²) in [6.45, 7) is 3.64. The van der Waals surface area contributed by atoms with E-state index in [1.165, 1.54) is 6.07 Å². The molecular weight excluding hydrogens is 320 g/mol. The maximum Gasteiger partial charge on any atom is 0.308 e. The van der Waals surface area contributed by atoms with E-state index in [2.05, 4.69) is 0 Å². The van der Waals surface area contributed by atoms with Crippen LogP contribution < -0.4 is 10.9 Å². The maximum absolute atomic E-state index is 12.7. The number of nitrogens with zero attached hydrogens (tertiary/aromatic N) is 1. The molecule has 0 aliphatic rings. The van der Waals surface area contributed by atoms with E-state index in [0.717, 1.165) is 11.4 Å². The van der Waals surface area contributed by atoms with Gasteiger partial charge in [-0.2, -0.15) is 0 Å². The fourth-order valence-corrected chi connectivity index (χ4v) is 2.92. The number of hydrazine groups is 1. The number of benzene rings is 2. The fraction of sp³-hybridized carbons (Fsp3) is 0.211. The van der Waals surface area contributed by atoms with Crippen LogP contribution in [-0.2, 0) is 6.42 Å². The highest BCUT2D eigenvalue weighted by Gasteiger charge is 2.26. The molecule has 25 heavy (non-hydrogen) atoms. The summed E-state index contributed by atoms with van der Waals surface area (Å²) in [5, 5.41) is 22.0. The van der Waals surface area contributed by atoms with Gasteiger partial charge in [-0.1, -0.05) is 31.5 Å². The van der Waals surface area contributed by atoms with Crippen molar-refractivity contribution in [2.45, 2.75) is 26.7 Å². The van der Waals surface area contributed by atoms with Gasteiger partial charge in [-0.25, -0.2) is 10.9 Å². The van der Waals surface area contributed by atoms with Gasteiger partial charge in [-0.15, -0.1) is 0 Å². The van der Waals surface area contributed by atoms with Crippen molar-refractivity contribution in [3.63, 3.8) is 0 Å². The van der Waals surface area contributed by atoms with Crippen LogP contribution in [-0.4, -0.2) is 16.1 Å². The number of carbonyl (C=O) groups excluding carboxylic acids is 1. The molecule has 0 saturated carbocycles. The lowest BCUT2D eigenvalue weighted by molar-refractivity contribution is 0.0961. The molecule has 1 heterocycles. The molecule has 1 aromatic heterocycles. The van der Waals surface area contributed by atoms with E-state index in [4.69, 9.17) is 10.3 Å². The van der Waals surface area contributed by atoms with Crippen LogP contribution in [0.5, 0.6) is 11.5 Å². The number of hydrogen-bond acceptors (Lipinski definition) is 5. The van der Waals surface area contributed by atoms with Crippen molar-refractivity contribution in [2.24, 2.45) is 5.84 Å². The largest absolute Gasteiger partial charge is 0.507 e. The van der Waals surface area contributed by atoms with E-state index in [9.17, 15) is 15.0 Å². The highest BCUT2D eigenvalue weighted by Crippen LogP contribution is 2.41. The topological polar surface area (TPSA) is 99.9 Å². The first kappa shape index (κ1) is 16.9. The molecule has 0 fully saturated rings. The number of fused-ring (bicyclic) bond motifs is 1. The Hall–Kier alpha value is -2.99. The monoisotopic (exact) mass is 340 g/mol. The number of para-hydroxylation sites is 1. The Bertz CT molecular complexity index is 932. The average molecular weight is 340 g/mol. The summed E-state index contributed by atoms with van der Waals surface area (Å²) in [5.74, 6) is 5.26. The van der Waals surface area contributed by atoms with Crippen LogP contribution in [0.15, 0.2) is 40.8 Å². The van der Waals surface area contributed by atoms with Crippen LogP contribution in [0.1, 0.15) is 35.0 Å². The number of hydrogen-bond donors (Lipinski definition) is 3. The second-order valence-electron chi connectivity index (χ2n) is 5.92. The van der Waals surface area contributed by atoms with Crippen molar-refractivity contribution in [2.75, 3.05) is 5.01 Å². The van der Waals surface area contributed by atoms with E-state index < -0.39 is 5.91 Å². The Morgan fingerprint density at radius 2 is 1.92 bits per heavy atom. The molecule has 130 valence electrons. The van der Waals surface area contributed by atoms with E-state index in [1.54, 1.807) is 31.2 Å². The third-order valence-electron chi connectivity index (χ3n) is 4.20. The number of phenols is 2. The molecular formula is C19H20N2O4. The second kappa shape index (κ2) is 6.49. The normalized spacial score (nSPS) is 11.0. The summed E-state index contributed by atoms with van der Waals surface area (Å²) in [6.07, 6.45) is 1.42. The standard InChI is InChI=1S/C19H20N2O4/c1-3-7-12-10-14(22)18-15(16(12)23)11(2)17(25-18)19(24)21(20)13-8-5-4-6-9-13/h4-6,8-10,22-23H,3,7,20H2,1-2H3. The molecule has 6 nitrogen and oxygen atoms in total. The third-order valence-corrected chi connectivity index (χ3v) is 4.20. The van der Waals surface area contributed by atoms with Gasteiger partial charge in [-0.3, -0.25) is 4.79 Å². The molecule has 0 saturated heterocycles. The van der Waals surface area contributed by atoms with E-state index in [0.29, 0.717) is 28.6 Å². The van der Waals surface area contributed by atoms with Crippen molar-refractivity contribution >= 4 is 22.6 Å². The van der Waals surface area contributed by atoms with Crippen molar-refractivity contribution in [3.8, 4) is 11.5 Å². The maximum atomic E-state index is 12.7. The Labute approximate surface area is 145 Å². The lowest BCUT2D eigenvalue weighted by Crippen LogP contribution is -2.37. The van der Waals surface area contributed by atoms with E-state index >= 15 is 0 Å². The molecule has 4 N–H and O–H groups in total. The van der Waals surface area contributed by atoms with Gasteiger partial charge in [0.2, 0.25) is 0 Å². The molecule has 0 aliphatic heterocycles. The lowest BCUT2D eigenvalue weighted by atomic mass is 10.0. The van der Waals surface area contributed by atoms with Gasteiger partial charge in [0.25, 0.3) is 0 Å². The SMILES string of the molecule is CCCc1cc(O)c2oc(C(=O)N(N)c3ccccc3)c(C)c2c1O. The Kier molecular flexibility index (Phi) is 4.37. The minimum Gasteiger partial charge on any atom is -0.507 e. The number of nitrogens with two attached hydrogens (primary N) is 1.